The number of rotatable bonds is 9. The van der Waals surface area contributed by atoms with Crippen LogP contribution in [0.25, 0.3) is 10.6 Å². The van der Waals surface area contributed by atoms with Crippen LogP contribution in [0.4, 0.5) is 13.2 Å². The molecule has 8 heteroatoms. The number of carbonyl (C=O) groups is 1. The number of carbonyl (C=O) groups excluding carboxylic acids is 1. The van der Waals surface area contributed by atoms with E-state index in [2.05, 4.69) is 10.3 Å². The van der Waals surface area contributed by atoms with E-state index in [4.69, 9.17) is 4.74 Å². The number of thiazole rings is 1. The molecule has 0 radical (unpaired) electrons. The van der Waals surface area contributed by atoms with Gasteiger partial charge < -0.3 is 10.1 Å². The molecule has 1 amide bonds. The maximum absolute atomic E-state index is 12.7. The van der Waals surface area contributed by atoms with Crippen LogP contribution in [-0.2, 0) is 22.1 Å². The summed E-state index contributed by atoms with van der Waals surface area (Å²) in [7, 11) is 0. The van der Waals surface area contributed by atoms with Crippen LogP contribution in [0.1, 0.15) is 36.3 Å². The van der Waals surface area contributed by atoms with Crippen molar-refractivity contribution < 1.29 is 22.7 Å². The van der Waals surface area contributed by atoms with Crippen molar-refractivity contribution in [3.63, 3.8) is 0 Å². The number of nitrogens with one attached hydrogen (secondary N) is 1. The molecule has 0 bridgehead atoms. The summed E-state index contributed by atoms with van der Waals surface area (Å²) in [5.74, 6) is -0.152. The quantitative estimate of drug-likeness (QED) is 0.430. The molecule has 3 rings (SSSR count). The van der Waals surface area contributed by atoms with Gasteiger partial charge in [0.15, 0.2) is 0 Å². The van der Waals surface area contributed by atoms with Gasteiger partial charge in [-0.25, -0.2) is 4.98 Å². The lowest BCUT2D eigenvalue weighted by molar-refractivity contribution is -0.137. The Morgan fingerprint density at radius 3 is 2.52 bits per heavy atom. The first-order valence-corrected chi connectivity index (χ1v) is 10.8. The maximum Gasteiger partial charge on any atom is 0.416 e. The Balaban J connectivity index is 1.40. The van der Waals surface area contributed by atoms with E-state index >= 15 is 0 Å². The van der Waals surface area contributed by atoms with E-state index in [0.717, 1.165) is 17.7 Å². The molecule has 1 aromatic heterocycles. The molecule has 1 heterocycles. The number of nitrogens with zero attached hydrogens (tertiary/aromatic N) is 1. The lowest BCUT2D eigenvalue weighted by atomic mass is 10.1. The molecule has 0 aliphatic rings. The summed E-state index contributed by atoms with van der Waals surface area (Å²) in [5.41, 5.74) is 1.59. The number of ether oxygens (including phenoxy) is 1. The van der Waals surface area contributed by atoms with E-state index in [1.165, 1.54) is 23.5 Å². The highest BCUT2D eigenvalue weighted by molar-refractivity contribution is 7.13. The number of benzene rings is 2. The minimum absolute atomic E-state index is 0.00414. The van der Waals surface area contributed by atoms with Crippen LogP contribution in [0.2, 0.25) is 0 Å². The first-order valence-electron chi connectivity index (χ1n) is 9.88. The number of halogens is 3. The highest BCUT2D eigenvalue weighted by atomic mass is 32.1. The minimum atomic E-state index is -4.37. The lowest BCUT2D eigenvalue weighted by Gasteiger charge is -2.13. The molecule has 1 atom stereocenters. The lowest BCUT2D eigenvalue weighted by Crippen LogP contribution is -2.27. The Morgan fingerprint density at radius 1 is 1.13 bits per heavy atom. The summed E-state index contributed by atoms with van der Waals surface area (Å²) in [6.07, 6.45) is -3.56. The predicted octanol–water partition coefficient (Wildman–Crippen LogP) is 5.66. The van der Waals surface area contributed by atoms with Gasteiger partial charge in [0.2, 0.25) is 5.91 Å². The molecule has 0 fully saturated rings. The summed E-state index contributed by atoms with van der Waals surface area (Å²) in [6.45, 7) is 3.02. The Kier molecular flexibility index (Phi) is 7.81. The van der Waals surface area contributed by atoms with Crippen LogP contribution in [0.15, 0.2) is 60.0 Å². The van der Waals surface area contributed by atoms with Crippen molar-refractivity contribution in [2.24, 2.45) is 0 Å². The number of alkyl halides is 3. The molecule has 0 saturated heterocycles. The van der Waals surface area contributed by atoms with Crippen LogP contribution in [0, 0.1) is 0 Å². The molecular weight excluding hydrogens is 425 g/mol. The van der Waals surface area contributed by atoms with E-state index in [9.17, 15) is 18.0 Å². The molecular formula is C23H23F3N2O2S. The summed E-state index contributed by atoms with van der Waals surface area (Å²) in [5, 5.41) is 5.17. The van der Waals surface area contributed by atoms with Gasteiger partial charge in [0.05, 0.1) is 23.8 Å². The summed E-state index contributed by atoms with van der Waals surface area (Å²) >= 11 is 1.30. The zero-order valence-electron chi connectivity index (χ0n) is 17.0. The average molecular weight is 449 g/mol. The summed E-state index contributed by atoms with van der Waals surface area (Å²) in [6, 6.07) is 14.8. The fourth-order valence-electron chi connectivity index (χ4n) is 2.93. The average Bonchev–Trinajstić information content (AvgIpc) is 3.22. The van der Waals surface area contributed by atoms with E-state index < -0.39 is 11.7 Å². The van der Waals surface area contributed by atoms with E-state index in [1.54, 1.807) is 5.38 Å². The van der Waals surface area contributed by atoms with Crippen molar-refractivity contribution >= 4 is 17.2 Å². The Labute approximate surface area is 183 Å². The van der Waals surface area contributed by atoms with Crippen molar-refractivity contribution in [3.8, 4) is 10.6 Å². The minimum Gasteiger partial charge on any atom is -0.374 e. The number of hydrogen-bond acceptors (Lipinski definition) is 4. The van der Waals surface area contributed by atoms with Gasteiger partial charge in [-0.1, -0.05) is 42.5 Å². The Bertz CT molecular complexity index is 972. The third kappa shape index (κ3) is 6.90. The van der Waals surface area contributed by atoms with Gasteiger partial charge in [-0.3, -0.25) is 4.79 Å². The maximum atomic E-state index is 12.7. The predicted molar refractivity (Wildman–Crippen MR) is 115 cm³/mol. The second-order valence-electron chi connectivity index (χ2n) is 7.02. The highest BCUT2D eigenvalue weighted by Gasteiger charge is 2.30. The number of hydrogen-bond donors (Lipinski definition) is 1. The molecule has 31 heavy (non-hydrogen) atoms. The van der Waals surface area contributed by atoms with Crippen LogP contribution in [-0.4, -0.2) is 24.0 Å². The van der Waals surface area contributed by atoms with Crippen LogP contribution < -0.4 is 5.32 Å². The van der Waals surface area contributed by atoms with Gasteiger partial charge >= 0.3 is 6.18 Å². The smallest absolute Gasteiger partial charge is 0.374 e. The first kappa shape index (κ1) is 23.0. The topological polar surface area (TPSA) is 51.2 Å². The fraction of sp³-hybridized carbons (Fsp3) is 0.304. The number of amides is 1. The van der Waals surface area contributed by atoms with Crippen molar-refractivity contribution in [1.82, 2.24) is 10.3 Å². The zero-order valence-corrected chi connectivity index (χ0v) is 17.8. The molecule has 164 valence electrons. The Hall–Kier alpha value is -2.71. The van der Waals surface area contributed by atoms with Crippen LogP contribution >= 0.6 is 11.3 Å². The van der Waals surface area contributed by atoms with Crippen molar-refractivity contribution in [3.05, 3.63) is 76.8 Å². The van der Waals surface area contributed by atoms with E-state index in [1.807, 2.05) is 37.3 Å². The zero-order chi connectivity index (χ0) is 22.3. The number of aromatic nitrogens is 1. The van der Waals surface area contributed by atoms with Gasteiger partial charge in [-0.15, -0.1) is 11.3 Å². The Morgan fingerprint density at radius 2 is 1.84 bits per heavy atom. The van der Waals surface area contributed by atoms with Gasteiger partial charge in [-0.2, -0.15) is 13.2 Å². The first-order chi connectivity index (χ1) is 14.8. The molecule has 3 aromatic rings. The van der Waals surface area contributed by atoms with Crippen molar-refractivity contribution in [1.29, 1.82) is 0 Å². The van der Waals surface area contributed by atoms with Gasteiger partial charge in [-0.05, 0) is 31.0 Å². The summed E-state index contributed by atoms with van der Waals surface area (Å²) < 4.78 is 43.8. The molecule has 2 aromatic carbocycles. The van der Waals surface area contributed by atoms with Crippen LogP contribution in [0.3, 0.4) is 0 Å². The molecule has 1 unspecified atom stereocenters. The van der Waals surface area contributed by atoms with E-state index in [-0.39, 0.29) is 18.4 Å². The summed E-state index contributed by atoms with van der Waals surface area (Å²) in [4.78, 5) is 16.5. The normalized spacial score (nSPS) is 12.5. The molecule has 0 spiro atoms. The van der Waals surface area contributed by atoms with Gasteiger partial charge in [0, 0.05) is 24.1 Å². The van der Waals surface area contributed by atoms with Crippen molar-refractivity contribution in [2.45, 2.75) is 32.0 Å². The monoisotopic (exact) mass is 448 g/mol. The molecule has 4 nitrogen and oxygen atoms in total. The van der Waals surface area contributed by atoms with Gasteiger partial charge in [0.25, 0.3) is 0 Å². The molecule has 0 aliphatic carbocycles. The van der Waals surface area contributed by atoms with E-state index in [0.29, 0.717) is 35.8 Å². The highest BCUT2D eigenvalue weighted by Crippen LogP contribution is 2.31. The van der Waals surface area contributed by atoms with Crippen LogP contribution in [0.5, 0.6) is 0 Å². The fourth-order valence-corrected chi connectivity index (χ4v) is 3.76. The molecule has 0 saturated carbocycles. The molecule has 1 N–H and O–H groups in total. The third-order valence-corrected chi connectivity index (χ3v) is 5.57. The van der Waals surface area contributed by atoms with Crippen molar-refractivity contribution in [2.75, 3.05) is 13.2 Å². The second-order valence-corrected chi connectivity index (χ2v) is 7.88. The third-order valence-electron chi connectivity index (χ3n) is 4.63. The SMILES string of the molecule is CC(OCCCNC(=O)Cc1csc(-c2ccc(C(F)(F)F)cc2)n1)c1ccccc1. The molecule has 0 aliphatic heterocycles. The van der Waals surface area contributed by atoms with Gasteiger partial charge in [0.1, 0.15) is 5.01 Å². The standard InChI is InChI=1S/C23H23F3N2O2S/c1-16(17-6-3-2-4-7-17)30-13-5-12-27-21(29)14-20-15-31-22(28-20)18-8-10-19(11-9-18)23(24,25)26/h2-4,6-11,15-16H,5,12-14H2,1H3,(H,27,29). The largest absolute Gasteiger partial charge is 0.416 e. The second kappa shape index (κ2) is 10.5.